The monoisotopic (exact) mass is 584 g/mol. The first-order chi connectivity index (χ1) is 18.8. The molecule has 4 rings (SSSR count). The summed E-state index contributed by atoms with van der Waals surface area (Å²) in [6.07, 6.45) is -0.277. The van der Waals surface area contributed by atoms with Crippen LogP contribution < -0.4 is 10.0 Å². The second kappa shape index (κ2) is 14.4. The van der Waals surface area contributed by atoms with Gasteiger partial charge in [0.25, 0.3) is 0 Å². The zero-order chi connectivity index (χ0) is 29.3. The summed E-state index contributed by atoms with van der Waals surface area (Å²) in [4.78, 5) is 14.0. The Morgan fingerprint density at radius 2 is 1.65 bits per heavy atom. The van der Waals surface area contributed by atoms with Crippen molar-refractivity contribution in [1.29, 1.82) is 0 Å². The van der Waals surface area contributed by atoms with Crippen molar-refractivity contribution in [2.24, 2.45) is 0 Å². The second-order valence-corrected chi connectivity index (χ2v) is 12.1. The number of halogens is 3. The number of alkyl halides is 3. The minimum atomic E-state index is -5.08. The van der Waals surface area contributed by atoms with E-state index >= 15 is 0 Å². The summed E-state index contributed by atoms with van der Waals surface area (Å²) in [5.41, 5.74) is 4.19. The van der Waals surface area contributed by atoms with Crippen molar-refractivity contribution in [3.8, 4) is 11.1 Å². The summed E-state index contributed by atoms with van der Waals surface area (Å²) < 4.78 is 60.2. The van der Waals surface area contributed by atoms with Crippen LogP contribution in [-0.2, 0) is 21.4 Å². The predicted octanol–water partition coefficient (Wildman–Crippen LogP) is 3.85. The number of nitrogens with one attached hydrogen (secondary N) is 2. The fraction of sp³-hybridized carbons (Fsp3) is 0.536. The van der Waals surface area contributed by atoms with Crippen LogP contribution in [0.15, 0.2) is 47.4 Å². The molecule has 0 bridgehead atoms. The van der Waals surface area contributed by atoms with Gasteiger partial charge in [-0.15, -0.1) is 0 Å². The van der Waals surface area contributed by atoms with E-state index in [1.165, 1.54) is 31.2 Å². The predicted molar refractivity (Wildman–Crippen MR) is 149 cm³/mol. The summed E-state index contributed by atoms with van der Waals surface area (Å²) in [5.74, 6) is -2.76. The molecule has 0 spiro atoms. The Morgan fingerprint density at radius 1 is 1.02 bits per heavy atom. The SMILES string of the molecule is Cc1cc(-c2cccc(CNC3CCN(C)CC3)c2)ccc1S(=O)(=O)NCCN1CCCC1.O=C(O)C(F)(F)F. The van der Waals surface area contributed by atoms with Crippen molar-refractivity contribution in [3.05, 3.63) is 53.6 Å². The number of rotatable bonds is 9. The molecule has 2 aliphatic heterocycles. The quantitative estimate of drug-likeness (QED) is 0.412. The fourth-order valence-corrected chi connectivity index (χ4v) is 6.13. The van der Waals surface area contributed by atoms with Gasteiger partial charge in [-0.1, -0.05) is 30.3 Å². The lowest BCUT2D eigenvalue weighted by Crippen LogP contribution is -2.40. The van der Waals surface area contributed by atoms with Crippen LogP contribution in [0.3, 0.4) is 0 Å². The number of likely N-dealkylation sites (tertiary alicyclic amines) is 2. The number of aliphatic carboxylic acids is 1. The lowest BCUT2D eigenvalue weighted by atomic mass is 10.0. The average Bonchev–Trinajstić information content (AvgIpc) is 3.41. The molecule has 2 aromatic carbocycles. The highest BCUT2D eigenvalue weighted by Crippen LogP contribution is 2.25. The lowest BCUT2D eigenvalue weighted by molar-refractivity contribution is -0.192. The van der Waals surface area contributed by atoms with Crippen molar-refractivity contribution in [3.63, 3.8) is 0 Å². The van der Waals surface area contributed by atoms with Crippen molar-refractivity contribution in [2.75, 3.05) is 46.3 Å². The van der Waals surface area contributed by atoms with Crippen LogP contribution in [0.5, 0.6) is 0 Å². The van der Waals surface area contributed by atoms with Crippen LogP contribution in [-0.4, -0.2) is 87.8 Å². The molecule has 2 fully saturated rings. The van der Waals surface area contributed by atoms with Crippen LogP contribution in [0.2, 0.25) is 0 Å². The molecule has 0 amide bonds. The number of hydrogen-bond acceptors (Lipinski definition) is 6. The van der Waals surface area contributed by atoms with Crippen molar-refractivity contribution in [1.82, 2.24) is 19.8 Å². The van der Waals surface area contributed by atoms with Crippen molar-refractivity contribution in [2.45, 2.75) is 56.3 Å². The molecule has 0 atom stereocenters. The summed E-state index contributed by atoms with van der Waals surface area (Å²) in [6, 6.07) is 14.8. The minimum absolute atomic E-state index is 0.368. The third kappa shape index (κ3) is 9.84. The van der Waals surface area contributed by atoms with Gasteiger partial charge in [0.1, 0.15) is 0 Å². The smallest absolute Gasteiger partial charge is 0.475 e. The second-order valence-electron chi connectivity index (χ2n) is 10.4. The van der Waals surface area contributed by atoms with Gasteiger partial charge in [-0.2, -0.15) is 13.2 Å². The minimum Gasteiger partial charge on any atom is -0.475 e. The van der Waals surface area contributed by atoms with Gasteiger partial charge in [0.15, 0.2) is 0 Å². The first-order valence-electron chi connectivity index (χ1n) is 13.5. The van der Waals surface area contributed by atoms with E-state index in [2.05, 4.69) is 51.2 Å². The highest BCUT2D eigenvalue weighted by molar-refractivity contribution is 7.89. The molecule has 3 N–H and O–H groups in total. The first-order valence-corrected chi connectivity index (χ1v) is 15.0. The van der Waals surface area contributed by atoms with E-state index < -0.39 is 22.2 Å². The molecular weight excluding hydrogens is 545 g/mol. The number of sulfonamides is 1. The number of carboxylic acids is 1. The zero-order valence-corrected chi connectivity index (χ0v) is 23.8. The molecule has 2 aliphatic rings. The maximum atomic E-state index is 12.8. The number of carboxylic acid groups (broad SMARTS) is 1. The number of hydrogen-bond donors (Lipinski definition) is 3. The summed E-state index contributed by atoms with van der Waals surface area (Å²) in [6.45, 7) is 8.41. The molecule has 2 aromatic rings. The standard InChI is InChI=1S/C26H38N4O2S.C2HF3O2/c1-21-18-24(8-9-26(21)33(31,32)28-12-17-30-13-3-4-14-30)23-7-5-6-22(19-23)20-27-25-10-15-29(2)16-11-25;3-2(4,5)1(6)7/h5-9,18-19,25,27-28H,3-4,10-17,20H2,1-2H3;(H,6,7). The van der Waals surface area contributed by atoms with Gasteiger partial charge in [-0.05, 0) is 100 Å². The van der Waals surface area contributed by atoms with Crippen LogP contribution in [0.25, 0.3) is 11.1 Å². The average molecular weight is 585 g/mol. The molecule has 2 heterocycles. The topological polar surface area (TPSA) is 102 Å². The van der Waals surface area contributed by atoms with Crippen LogP contribution >= 0.6 is 0 Å². The summed E-state index contributed by atoms with van der Waals surface area (Å²) >= 11 is 0. The Labute approximate surface area is 234 Å². The van der Waals surface area contributed by atoms with E-state index in [0.29, 0.717) is 17.5 Å². The van der Waals surface area contributed by atoms with E-state index in [-0.39, 0.29) is 0 Å². The molecule has 0 aliphatic carbocycles. The van der Waals surface area contributed by atoms with E-state index in [0.717, 1.165) is 56.0 Å². The van der Waals surface area contributed by atoms with Gasteiger partial charge in [0.05, 0.1) is 4.90 Å². The number of piperidine rings is 1. The van der Waals surface area contributed by atoms with E-state index in [1.807, 2.05) is 19.1 Å². The lowest BCUT2D eigenvalue weighted by Gasteiger charge is -2.29. The third-order valence-corrected chi connectivity index (χ3v) is 8.82. The van der Waals surface area contributed by atoms with E-state index in [4.69, 9.17) is 9.90 Å². The summed E-state index contributed by atoms with van der Waals surface area (Å²) in [7, 11) is -1.32. The molecule has 12 heteroatoms. The number of nitrogens with zero attached hydrogens (tertiary/aromatic N) is 2. The molecule has 222 valence electrons. The van der Waals surface area contributed by atoms with Crippen LogP contribution in [0.4, 0.5) is 13.2 Å². The van der Waals surface area contributed by atoms with Gasteiger partial charge in [-0.3, -0.25) is 0 Å². The van der Waals surface area contributed by atoms with Crippen LogP contribution in [0.1, 0.15) is 36.8 Å². The van der Waals surface area contributed by atoms with Crippen LogP contribution in [0, 0.1) is 6.92 Å². The molecule has 40 heavy (non-hydrogen) atoms. The van der Waals surface area contributed by atoms with Gasteiger partial charge >= 0.3 is 12.1 Å². The first kappa shape index (κ1) is 32.0. The third-order valence-electron chi connectivity index (χ3n) is 7.20. The molecule has 0 saturated carbocycles. The molecule has 0 radical (unpaired) electrons. The Balaban J connectivity index is 0.000000559. The van der Waals surface area contributed by atoms with Gasteiger partial charge in [-0.25, -0.2) is 17.9 Å². The highest BCUT2D eigenvalue weighted by atomic mass is 32.2. The Bertz CT molecular complexity index is 1230. The van der Waals surface area contributed by atoms with Gasteiger partial charge in [0.2, 0.25) is 10.0 Å². The maximum absolute atomic E-state index is 12.8. The molecular formula is C28H39F3N4O4S. The largest absolute Gasteiger partial charge is 0.490 e. The Hall–Kier alpha value is -2.51. The van der Waals surface area contributed by atoms with E-state index in [9.17, 15) is 21.6 Å². The normalized spacial score (nSPS) is 17.4. The van der Waals surface area contributed by atoms with E-state index in [1.54, 1.807) is 6.07 Å². The Kier molecular flexibility index (Phi) is 11.5. The zero-order valence-electron chi connectivity index (χ0n) is 23.0. The number of carbonyl (C=O) groups is 1. The molecule has 2 saturated heterocycles. The highest BCUT2D eigenvalue weighted by Gasteiger charge is 2.38. The van der Waals surface area contributed by atoms with Gasteiger partial charge < -0.3 is 20.2 Å². The molecule has 0 aromatic heterocycles. The van der Waals surface area contributed by atoms with Gasteiger partial charge in [0, 0.05) is 25.7 Å². The number of aryl methyl sites for hydroxylation is 1. The molecule has 0 unspecified atom stereocenters. The number of benzene rings is 2. The maximum Gasteiger partial charge on any atom is 0.490 e. The van der Waals surface area contributed by atoms with Crippen molar-refractivity contribution < 1.29 is 31.5 Å². The van der Waals surface area contributed by atoms with Crippen molar-refractivity contribution >= 4 is 16.0 Å². The summed E-state index contributed by atoms with van der Waals surface area (Å²) in [5, 5.41) is 10.8. The Morgan fingerprint density at radius 3 is 2.25 bits per heavy atom. The fourth-order valence-electron chi connectivity index (χ4n) is 4.89. The molecule has 8 nitrogen and oxygen atoms in total.